The minimum atomic E-state index is -1.02. The zero-order chi connectivity index (χ0) is 27.2. The maximum absolute atomic E-state index is 12.5. The molecule has 0 unspecified atom stereocenters. The maximum atomic E-state index is 12.5. The molecule has 0 heterocycles. The van der Waals surface area contributed by atoms with Crippen LogP contribution in [0.2, 0.25) is 0 Å². The molecule has 0 aromatic carbocycles. The first-order chi connectivity index (χ1) is 17.4. The molecule has 6 heteroatoms. The molecule has 9 atom stereocenters. The fourth-order valence-corrected chi connectivity index (χ4v) is 9.95. The van der Waals surface area contributed by atoms with Crippen molar-refractivity contribution in [1.29, 1.82) is 0 Å². The zero-order valence-corrected chi connectivity index (χ0v) is 24.3. The number of fused-ring (bicyclic) bond motifs is 5. The Morgan fingerprint density at radius 3 is 2.35 bits per heavy atom. The first kappa shape index (κ1) is 28.4. The Labute approximate surface area is 224 Å². The van der Waals surface area contributed by atoms with Crippen molar-refractivity contribution in [3.63, 3.8) is 0 Å². The molecule has 4 rings (SSSR count). The number of rotatable bonds is 7. The number of carbonyl (C=O) groups excluding carboxylic acids is 2. The number of carbonyl (C=O) groups is 2. The second-order valence-electron chi connectivity index (χ2n) is 14.0. The molecule has 0 radical (unpaired) electrons. The summed E-state index contributed by atoms with van der Waals surface area (Å²) in [6.45, 7) is 14.8. The number of hydrogen-bond donors (Lipinski definition) is 1. The highest BCUT2D eigenvalue weighted by atomic mass is 16.6. The van der Waals surface area contributed by atoms with Crippen molar-refractivity contribution in [2.24, 2.45) is 51.5 Å². The lowest BCUT2D eigenvalue weighted by molar-refractivity contribution is -0.204. The van der Waals surface area contributed by atoms with E-state index >= 15 is 0 Å². The van der Waals surface area contributed by atoms with Crippen LogP contribution in [0.5, 0.6) is 0 Å². The lowest BCUT2D eigenvalue weighted by Crippen LogP contribution is -2.68. The summed E-state index contributed by atoms with van der Waals surface area (Å²) in [5.41, 5.74) is -0.474. The zero-order valence-electron chi connectivity index (χ0n) is 24.3. The molecular weight excluding hydrogens is 466 g/mol. The Balaban J connectivity index is 1.63. The van der Waals surface area contributed by atoms with Gasteiger partial charge in [0.2, 0.25) is 0 Å². The molecule has 0 spiro atoms. The number of hydrogen-bond acceptors (Lipinski definition) is 6. The van der Waals surface area contributed by atoms with Gasteiger partial charge in [-0.05, 0) is 85.9 Å². The Morgan fingerprint density at radius 1 is 1.00 bits per heavy atom. The molecule has 210 valence electrons. The molecule has 4 aliphatic rings. The van der Waals surface area contributed by atoms with E-state index in [4.69, 9.17) is 9.47 Å². The molecule has 0 aromatic heterocycles. The van der Waals surface area contributed by atoms with Crippen LogP contribution in [-0.4, -0.2) is 34.6 Å². The van der Waals surface area contributed by atoms with Crippen LogP contribution >= 0.6 is 0 Å². The lowest BCUT2D eigenvalue weighted by atomic mass is 9.42. The highest BCUT2D eigenvalue weighted by molar-refractivity contribution is 5.96. The molecule has 0 amide bonds. The summed E-state index contributed by atoms with van der Waals surface area (Å²) < 4.78 is 11.8. The van der Waals surface area contributed by atoms with Gasteiger partial charge in [-0.15, -0.1) is 0 Å². The van der Waals surface area contributed by atoms with Gasteiger partial charge in [0.1, 0.15) is 11.8 Å². The highest BCUT2D eigenvalue weighted by Crippen LogP contribution is 2.69. The van der Waals surface area contributed by atoms with Gasteiger partial charge < -0.3 is 14.7 Å². The first-order valence-electron chi connectivity index (χ1n) is 15.0. The van der Waals surface area contributed by atoms with Crippen LogP contribution in [0.4, 0.5) is 0 Å². The monoisotopic (exact) mass is 517 g/mol. The summed E-state index contributed by atoms with van der Waals surface area (Å²) in [7, 11) is 0. The van der Waals surface area contributed by atoms with Crippen molar-refractivity contribution >= 4 is 17.7 Å². The number of oxime groups is 1. The summed E-state index contributed by atoms with van der Waals surface area (Å²) in [4.78, 5) is 24.3. The van der Waals surface area contributed by atoms with E-state index in [1.54, 1.807) is 0 Å². The predicted octanol–water partition coefficient (Wildman–Crippen LogP) is 7.17. The van der Waals surface area contributed by atoms with Gasteiger partial charge in [0.15, 0.2) is 5.60 Å². The van der Waals surface area contributed by atoms with Crippen molar-refractivity contribution in [3.05, 3.63) is 0 Å². The fraction of sp³-hybridized carbons (Fsp3) is 0.903. The molecule has 0 bridgehead atoms. The van der Waals surface area contributed by atoms with Crippen molar-refractivity contribution in [2.75, 3.05) is 0 Å². The minimum Gasteiger partial charge on any atom is -0.462 e. The summed E-state index contributed by atoms with van der Waals surface area (Å²) >= 11 is 0. The van der Waals surface area contributed by atoms with Crippen LogP contribution in [0.3, 0.4) is 0 Å². The second kappa shape index (κ2) is 10.5. The molecule has 1 N–H and O–H groups in total. The third-order valence-electron chi connectivity index (χ3n) is 11.5. The molecule has 4 aliphatic carbocycles. The lowest BCUT2D eigenvalue weighted by Gasteiger charge is -2.64. The Bertz CT molecular complexity index is 900. The van der Waals surface area contributed by atoms with Crippen LogP contribution in [-0.2, 0) is 19.1 Å². The van der Waals surface area contributed by atoms with Crippen molar-refractivity contribution < 1.29 is 24.3 Å². The summed E-state index contributed by atoms with van der Waals surface area (Å²) in [5, 5.41) is 14.2. The molecule has 4 fully saturated rings. The SMILES string of the molecule is CC(=O)O[C@@H]1CC[C@]2(C)[C@@H]3CC[C@@]4(C)[C@H](CC[C@@H]4[C@H](C)CCCC(C)C)[C@@H]3C/C(=N\O)[C@@]2(OC(C)=O)C1. The van der Waals surface area contributed by atoms with E-state index in [-0.39, 0.29) is 23.5 Å². The highest BCUT2D eigenvalue weighted by Gasteiger charge is 2.69. The minimum absolute atomic E-state index is 0.311. The Kier molecular flexibility index (Phi) is 8.08. The smallest absolute Gasteiger partial charge is 0.303 e. The van der Waals surface area contributed by atoms with Gasteiger partial charge in [-0.2, -0.15) is 0 Å². The molecule has 37 heavy (non-hydrogen) atoms. The number of esters is 2. The van der Waals surface area contributed by atoms with Gasteiger partial charge in [-0.25, -0.2) is 0 Å². The van der Waals surface area contributed by atoms with E-state index in [0.717, 1.165) is 37.0 Å². The van der Waals surface area contributed by atoms with Gasteiger partial charge in [-0.1, -0.05) is 59.0 Å². The van der Waals surface area contributed by atoms with Crippen LogP contribution in [0.25, 0.3) is 0 Å². The van der Waals surface area contributed by atoms with Gasteiger partial charge in [0.25, 0.3) is 0 Å². The first-order valence-corrected chi connectivity index (χ1v) is 15.0. The summed E-state index contributed by atoms with van der Waals surface area (Å²) in [6, 6.07) is 0. The van der Waals surface area contributed by atoms with Gasteiger partial charge in [-0.3, -0.25) is 9.59 Å². The van der Waals surface area contributed by atoms with E-state index in [1.165, 1.54) is 52.4 Å². The molecule has 4 saturated carbocycles. The van der Waals surface area contributed by atoms with E-state index in [2.05, 4.69) is 39.8 Å². The average Bonchev–Trinajstić information content (AvgIpc) is 3.15. The third kappa shape index (κ3) is 4.84. The molecule has 0 aromatic rings. The van der Waals surface area contributed by atoms with E-state index in [9.17, 15) is 14.8 Å². The maximum Gasteiger partial charge on any atom is 0.303 e. The largest absolute Gasteiger partial charge is 0.462 e. The molecular formula is C31H51NO5. The van der Waals surface area contributed by atoms with Crippen molar-refractivity contribution in [3.8, 4) is 0 Å². The molecule has 0 saturated heterocycles. The van der Waals surface area contributed by atoms with E-state index < -0.39 is 5.60 Å². The van der Waals surface area contributed by atoms with Crippen LogP contribution in [0, 0.1) is 46.3 Å². The second-order valence-corrected chi connectivity index (χ2v) is 14.0. The quantitative estimate of drug-likeness (QED) is 0.220. The third-order valence-corrected chi connectivity index (χ3v) is 11.5. The molecule has 6 nitrogen and oxygen atoms in total. The fourth-order valence-electron chi connectivity index (χ4n) is 9.95. The Morgan fingerprint density at radius 2 is 1.73 bits per heavy atom. The van der Waals surface area contributed by atoms with Gasteiger partial charge >= 0.3 is 11.9 Å². The van der Waals surface area contributed by atoms with Gasteiger partial charge in [0.05, 0.1) is 0 Å². The molecule has 0 aliphatic heterocycles. The number of ether oxygens (including phenoxy) is 2. The predicted molar refractivity (Wildman–Crippen MR) is 144 cm³/mol. The summed E-state index contributed by atoms with van der Waals surface area (Å²) in [5.74, 6) is 2.96. The Hall–Kier alpha value is -1.59. The van der Waals surface area contributed by atoms with Crippen molar-refractivity contribution in [2.45, 2.75) is 131 Å². The standard InChI is InChI=1S/C31H51NO5/c1-19(2)9-8-10-20(3)25-11-12-26-24-17-28(32-35)31(37-22(5)34)18-23(36-21(4)33)13-16-30(31,7)27(24)14-15-29(25,26)6/h19-20,23-27,35H,8-18H2,1-7H3/b32-28+/t20-,23-,24+,25-,26-,27-,29-,30-,31+/m1/s1. The summed E-state index contributed by atoms with van der Waals surface area (Å²) in [6.07, 6.45) is 11.0. The van der Waals surface area contributed by atoms with Crippen LogP contribution < -0.4 is 0 Å². The normalized spacial score (nSPS) is 43.0. The van der Waals surface area contributed by atoms with E-state index in [1.807, 2.05) is 0 Å². The topological polar surface area (TPSA) is 85.2 Å². The van der Waals surface area contributed by atoms with E-state index in [0.29, 0.717) is 41.7 Å². The number of nitrogens with zero attached hydrogens (tertiary/aromatic N) is 1. The van der Waals surface area contributed by atoms with Gasteiger partial charge in [0, 0.05) is 25.7 Å². The van der Waals surface area contributed by atoms with Crippen LogP contribution in [0.15, 0.2) is 5.16 Å². The van der Waals surface area contributed by atoms with Crippen molar-refractivity contribution in [1.82, 2.24) is 0 Å². The average molecular weight is 518 g/mol. The van der Waals surface area contributed by atoms with Crippen LogP contribution in [0.1, 0.15) is 119 Å².